The van der Waals surface area contributed by atoms with Crippen LogP contribution in [0.25, 0.3) is 0 Å². The van der Waals surface area contributed by atoms with Gasteiger partial charge in [0.1, 0.15) is 23.0 Å². The number of ketones is 2. The van der Waals surface area contributed by atoms with E-state index in [-0.39, 0.29) is 24.8 Å². The van der Waals surface area contributed by atoms with E-state index in [2.05, 4.69) is 0 Å². The molecule has 0 saturated heterocycles. The average Bonchev–Trinajstić information content (AvgIpc) is 2.88. The van der Waals surface area contributed by atoms with E-state index in [0.29, 0.717) is 44.2 Å². The quantitative estimate of drug-likeness (QED) is 0.211. The predicted molar refractivity (Wildman–Crippen MR) is 136 cm³/mol. The van der Waals surface area contributed by atoms with Crippen molar-refractivity contribution in [1.82, 2.24) is 0 Å². The zero-order valence-electron chi connectivity index (χ0n) is 18.4. The van der Waals surface area contributed by atoms with E-state index in [9.17, 15) is 9.59 Å². The second kappa shape index (κ2) is 11.6. The maximum atomic E-state index is 12.2. The first-order chi connectivity index (χ1) is 17.0. The lowest BCUT2D eigenvalue weighted by Gasteiger charge is -2.10. The number of carbonyl (C=O) groups is 2. The monoisotopic (exact) mass is 506 g/mol. The van der Waals surface area contributed by atoms with Gasteiger partial charge in [-0.3, -0.25) is 9.59 Å². The van der Waals surface area contributed by atoms with E-state index in [4.69, 9.17) is 37.4 Å². The van der Waals surface area contributed by atoms with Crippen molar-refractivity contribution >= 4 is 34.8 Å². The van der Waals surface area contributed by atoms with E-state index in [1.54, 1.807) is 97.1 Å². The molecule has 0 atom stereocenters. The zero-order valence-corrected chi connectivity index (χ0v) is 20.0. The van der Waals surface area contributed by atoms with Crippen molar-refractivity contribution in [3.05, 3.63) is 118 Å². The van der Waals surface area contributed by atoms with Crippen LogP contribution in [0.4, 0.5) is 0 Å². The van der Waals surface area contributed by atoms with Crippen molar-refractivity contribution in [2.24, 2.45) is 0 Å². The highest BCUT2D eigenvalue weighted by molar-refractivity contribution is 6.31. The molecule has 5 nitrogen and oxygen atoms in total. The summed E-state index contributed by atoms with van der Waals surface area (Å²) < 4.78 is 17.0. The smallest absolute Gasteiger partial charge is 0.200 e. The Kier molecular flexibility index (Phi) is 8.03. The van der Waals surface area contributed by atoms with Crippen LogP contribution in [0, 0.1) is 0 Å². The molecule has 7 heteroatoms. The fourth-order valence-electron chi connectivity index (χ4n) is 3.08. The third-order valence-corrected chi connectivity index (χ3v) is 5.46. The van der Waals surface area contributed by atoms with Gasteiger partial charge in [0.2, 0.25) is 0 Å². The third-order valence-electron chi connectivity index (χ3n) is 4.96. The largest absolute Gasteiger partial charge is 0.485 e. The third kappa shape index (κ3) is 7.09. The Bertz CT molecular complexity index is 1180. The van der Waals surface area contributed by atoms with Gasteiger partial charge in [-0.15, -0.1) is 0 Å². The van der Waals surface area contributed by atoms with E-state index in [0.717, 1.165) is 0 Å². The number of rotatable bonds is 10. The van der Waals surface area contributed by atoms with Gasteiger partial charge >= 0.3 is 0 Å². The second-order valence-electron chi connectivity index (χ2n) is 7.48. The van der Waals surface area contributed by atoms with Gasteiger partial charge in [0.05, 0.1) is 0 Å². The highest BCUT2D eigenvalue weighted by Gasteiger charge is 2.09. The van der Waals surface area contributed by atoms with Gasteiger partial charge in [-0.2, -0.15) is 0 Å². The minimum absolute atomic E-state index is 0.0795. The van der Waals surface area contributed by atoms with Crippen molar-refractivity contribution in [3.63, 3.8) is 0 Å². The molecule has 0 spiro atoms. The Morgan fingerprint density at radius 1 is 0.486 bits per heavy atom. The number of hydrogen-bond acceptors (Lipinski definition) is 5. The molecule has 4 aromatic carbocycles. The van der Waals surface area contributed by atoms with Crippen LogP contribution in [0.5, 0.6) is 23.0 Å². The van der Waals surface area contributed by atoms with E-state index < -0.39 is 0 Å². The number of halogens is 2. The minimum Gasteiger partial charge on any atom is -0.485 e. The molecule has 35 heavy (non-hydrogen) atoms. The molecule has 0 aliphatic carbocycles. The number of Topliss-reactive ketones (excluding diaryl/α,β-unsaturated/α-hetero) is 2. The van der Waals surface area contributed by atoms with Crippen LogP contribution in [-0.2, 0) is 0 Å². The van der Waals surface area contributed by atoms with Crippen molar-refractivity contribution < 1.29 is 23.8 Å². The van der Waals surface area contributed by atoms with Crippen LogP contribution in [0.2, 0.25) is 10.0 Å². The Balaban J connectivity index is 1.25. The molecule has 4 aromatic rings. The summed E-state index contributed by atoms with van der Waals surface area (Å²) in [4.78, 5) is 24.4. The summed E-state index contributed by atoms with van der Waals surface area (Å²) in [6.45, 7) is -0.159. The summed E-state index contributed by atoms with van der Waals surface area (Å²) in [5, 5.41) is 1.15. The first-order valence-corrected chi connectivity index (χ1v) is 11.4. The summed E-state index contributed by atoms with van der Waals surface area (Å²) in [7, 11) is 0. The Morgan fingerprint density at radius 3 is 1.14 bits per heavy atom. The van der Waals surface area contributed by atoms with Crippen molar-refractivity contribution in [1.29, 1.82) is 0 Å². The summed E-state index contributed by atoms with van der Waals surface area (Å²) in [6, 6.07) is 27.2. The molecule has 0 heterocycles. The molecular formula is C28H20Cl2O5. The van der Waals surface area contributed by atoms with Crippen LogP contribution in [-0.4, -0.2) is 24.8 Å². The Hall–Kier alpha value is -3.80. The summed E-state index contributed by atoms with van der Waals surface area (Å²) in [5.74, 6) is 2.03. The molecule has 0 radical (unpaired) electrons. The van der Waals surface area contributed by atoms with Gasteiger partial charge in [0.25, 0.3) is 0 Å². The summed E-state index contributed by atoms with van der Waals surface area (Å²) >= 11 is 11.7. The lowest BCUT2D eigenvalue weighted by atomic mass is 10.1. The standard InChI is InChI=1S/C28H20Cl2O5/c29-21-5-1-19(2-6-21)27(31)17-33-23-9-13-25(14-10-23)35-26-15-11-24(12-16-26)34-18-28(32)20-3-7-22(30)8-4-20/h1-16H,17-18H2. The first kappa shape index (κ1) is 24.3. The summed E-state index contributed by atoms with van der Waals surface area (Å²) in [5.41, 5.74) is 1.08. The van der Waals surface area contributed by atoms with E-state index >= 15 is 0 Å². The minimum atomic E-state index is -0.140. The normalized spacial score (nSPS) is 10.5. The van der Waals surface area contributed by atoms with E-state index in [1.807, 2.05) is 0 Å². The first-order valence-electron chi connectivity index (χ1n) is 10.7. The second-order valence-corrected chi connectivity index (χ2v) is 8.36. The highest BCUT2D eigenvalue weighted by Crippen LogP contribution is 2.26. The maximum absolute atomic E-state index is 12.2. The van der Waals surface area contributed by atoms with Gasteiger partial charge in [0.15, 0.2) is 24.8 Å². The molecule has 0 aliphatic rings. The highest BCUT2D eigenvalue weighted by atomic mass is 35.5. The number of ether oxygens (including phenoxy) is 3. The number of benzene rings is 4. The van der Waals surface area contributed by atoms with Gasteiger partial charge < -0.3 is 14.2 Å². The van der Waals surface area contributed by atoms with Crippen molar-refractivity contribution in [3.8, 4) is 23.0 Å². The molecule has 0 N–H and O–H groups in total. The number of hydrogen-bond donors (Lipinski definition) is 0. The fraction of sp³-hybridized carbons (Fsp3) is 0.0714. The zero-order chi connectivity index (χ0) is 24.6. The molecule has 0 saturated carbocycles. The maximum Gasteiger partial charge on any atom is 0.200 e. The number of carbonyl (C=O) groups excluding carboxylic acids is 2. The van der Waals surface area contributed by atoms with Crippen LogP contribution < -0.4 is 14.2 Å². The van der Waals surface area contributed by atoms with Gasteiger partial charge in [-0.1, -0.05) is 23.2 Å². The Labute approximate surface area is 212 Å². The van der Waals surface area contributed by atoms with Crippen LogP contribution >= 0.6 is 23.2 Å². The molecule has 0 amide bonds. The van der Waals surface area contributed by atoms with Gasteiger partial charge in [-0.05, 0) is 97.1 Å². The molecule has 0 aliphatic heterocycles. The fourth-order valence-corrected chi connectivity index (χ4v) is 3.33. The SMILES string of the molecule is O=C(COc1ccc(Oc2ccc(OCC(=O)c3ccc(Cl)cc3)cc2)cc1)c1ccc(Cl)cc1. The van der Waals surface area contributed by atoms with Gasteiger partial charge in [0, 0.05) is 21.2 Å². The molecule has 0 unspecified atom stereocenters. The van der Waals surface area contributed by atoms with Crippen LogP contribution in [0.1, 0.15) is 20.7 Å². The van der Waals surface area contributed by atoms with Crippen LogP contribution in [0.3, 0.4) is 0 Å². The average molecular weight is 507 g/mol. The molecule has 0 aromatic heterocycles. The molecular weight excluding hydrogens is 487 g/mol. The summed E-state index contributed by atoms with van der Waals surface area (Å²) in [6.07, 6.45) is 0. The van der Waals surface area contributed by atoms with Crippen LogP contribution in [0.15, 0.2) is 97.1 Å². The van der Waals surface area contributed by atoms with Crippen molar-refractivity contribution in [2.45, 2.75) is 0 Å². The Morgan fingerprint density at radius 2 is 0.800 bits per heavy atom. The molecule has 0 bridgehead atoms. The van der Waals surface area contributed by atoms with Gasteiger partial charge in [-0.25, -0.2) is 0 Å². The molecule has 176 valence electrons. The molecule has 0 fully saturated rings. The van der Waals surface area contributed by atoms with Crippen molar-refractivity contribution in [2.75, 3.05) is 13.2 Å². The topological polar surface area (TPSA) is 61.8 Å². The van der Waals surface area contributed by atoms with E-state index in [1.165, 1.54) is 0 Å². The predicted octanol–water partition coefficient (Wildman–Crippen LogP) is 7.31. The lowest BCUT2D eigenvalue weighted by molar-refractivity contribution is 0.0915. The molecule has 4 rings (SSSR count). The lowest BCUT2D eigenvalue weighted by Crippen LogP contribution is -2.11.